The standard InChI is InChI=1S/C13H18N2O4/c1-9(17)14-10-5-6-12(19-2)11(8-10)15-13(18)4-3-7-16/h5-6,8,16H,3-4,7H2,1-2H3,(H,14,17)(H,15,18). The van der Waals surface area contributed by atoms with Crippen molar-refractivity contribution in [1.82, 2.24) is 0 Å². The SMILES string of the molecule is COc1ccc(NC(C)=O)cc1NC(=O)CCCO. The van der Waals surface area contributed by atoms with Gasteiger partial charge in [0.05, 0.1) is 12.8 Å². The fourth-order valence-corrected chi connectivity index (χ4v) is 1.54. The Morgan fingerprint density at radius 1 is 1.32 bits per heavy atom. The lowest BCUT2D eigenvalue weighted by atomic mass is 10.2. The number of amides is 2. The van der Waals surface area contributed by atoms with Gasteiger partial charge in [-0.1, -0.05) is 0 Å². The molecule has 2 amide bonds. The van der Waals surface area contributed by atoms with Crippen molar-refractivity contribution in [1.29, 1.82) is 0 Å². The Morgan fingerprint density at radius 3 is 2.63 bits per heavy atom. The van der Waals surface area contributed by atoms with Crippen molar-refractivity contribution in [2.24, 2.45) is 0 Å². The van der Waals surface area contributed by atoms with Crippen LogP contribution in [-0.4, -0.2) is 30.6 Å². The zero-order chi connectivity index (χ0) is 14.3. The molecule has 0 aliphatic heterocycles. The molecule has 104 valence electrons. The summed E-state index contributed by atoms with van der Waals surface area (Å²) in [6, 6.07) is 4.97. The summed E-state index contributed by atoms with van der Waals surface area (Å²) in [5.74, 6) is 0.0986. The predicted octanol–water partition coefficient (Wildman–Crippen LogP) is 1.36. The van der Waals surface area contributed by atoms with Crippen molar-refractivity contribution < 1.29 is 19.4 Å². The minimum absolute atomic E-state index is 0.0313. The lowest BCUT2D eigenvalue weighted by molar-refractivity contribution is -0.116. The molecule has 6 heteroatoms. The van der Waals surface area contributed by atoms with Gasteiger partial charge in [0.1, 0.15) is 5.75 Å². The van der Waals surface area contributed by atoms with Gasteiger partial charge in [-0.2, -0.15) is 0 Å². The number of rotatable bonds is 6. The second-order valence-corrected chi connectivity index (χ2v) is 3.97. The molecule has 19 heavy (non-hydrogen) atoms. The molecule has 0 saturated heterocycles. The van der Waals surface area contributed by atoms with Crippen molar-refractivity contribution in [2.45, 2.75) is 19.8 Å². The van der Waals surface area contributed by atoms with Crippen LogP contribution in [0.3, 0.4) is 0 Å². The van der Waals surface area contributed by atoms with E-state index in [0.717, 1.165) is 0 Å². The molecule has 1 rings (SSSR count). The fourth-order valence-electron chi connectivity index (χ4n) is 1.54. The number of carbonyl (C=O) groups excluding carboxylic acids is 2. The van der Waals surface area contributed by atoms with Gasteiger partial charge >= 0.3 is 0 Å². The zero-order valence-corrected chi connectivity index (χ0v) is 11.0. The van der Waals surface area contributed by atoms with Crippen molar-refractivity contribution in [2.75, 3.05) is 24.4 Å². The minimum Gasteiger partial charge on any atom is -0.495 e. The molecule has 0 aromatic heterocycles. The first-order chi connectivity index (χ1) is 9.06. The Labute approximate surface area is 111 Å². The molecule has 3 N–H and O–H groups in total. The molecule has 0 aliphatic rings. The number of hydrogen-bond donors (Lipinski definition) is 3. The number of benzene rings is 1. The van der Waals surface area contributed by atoms with E-state index in [4.69, 9.17) is 9.84 Å². The van der Waals surface area contributed by atoms with Crippen LogP contribution in [0, 0.1) is 0 Å². The number of methoxy groups -OCH3 is 1. The van der Waals surface area contributed by atoms with E-state index in [0.29, 0.717) is 23.5 Å². The number of ether oxygens (including phenoxy) is 1. The van der Waals surface area contributed by atoms with Gasteiger partial charge in [0, 0.05) is 25.6 Å². The summed E-state index contributed by atoms with van der Waals surface area (Å²) in [6.07, 6.45) is 0.629. The Hall–Kier alpha value is -2.08. The first-order valence-corrected chi connectivity index (χ1v) is 5.93. The summed E-state index contributed by atoms with van der Waals surface area (Å²) in [7, 11) is 1.50. The van der Waals surface area contributed by atoms with Crippen LogP contribution in [0.15, 0.2) is 18.2 Å². The molecular formula is C13H18N2O4. The summed E-state index contributed by atoms with van der Waals surface area (Å²) in [4.78, 5) is 22.6. The van der Waals surface area contributed by atoms with Crippen molar-refractivity contribution >= 4 is 23.2 Å². The van der Waals surface area contributed by atoms with Crippen LogP contribution in [0.1, 0.15) is 19.8 Å². The smallest absolute Gasteiger partial charge is 0.224 e. The third-order valence-corrected chi connectivity index (χ3v) is 2.36. The van der Waals surface area contributed by atoms with Crippen molar-refractivity contribution in [3.8, 4) is 5.75 Å². The molecule has 0 atom stereocenters. The van der Waals surface area contributed by atoms with Crippen LogP contribution in [0.2, 0.25) is 0 Å². The maximum absolute atomic E-state index is 11.6. The van der Waals surface area contributed by atoms with Crippen molar-refractivity contribution in [3.63, 3.8) is 0 Å². The van der Waals surface area contributed by atoms with Gasteiger partial charge in [-0.25, -0.2) is 0 Å². The first kappa shape index (κ1) is 15.0. The molecule has 0 spiro atoms. The number of aliphatic hydroxyl groups excluding tert-OH is 1. The summed E-state index contributed by atoms with van der Waals surface area (Å²) in [5.41, 5.74) is 1.06. The van der Waals surface area contributed by atoms with E-state index < -0.39 is 0 Å². The van der Waals surface area contributed by atoms with Gasteiger partial charge in [-0.05, 0) is 24.6 Å². The lowest BCUT2D eigenvalue weighted by Gasteiger charge is -2.12. The molecular weight excluding hydrogens is 248 g/mol. The molecule has 1 aromatic carbocycles. The number of anilines is 2. The number of aliphatic hydroxyl groups is 1. The van der Waals surface area contributed by atoms with E-state index in [1.165, 1.54) is 14.0 Å². The highest BCUT2D eigenvalue weighted by atomic mass is 16.5. The summed E-state index contributed by atoms with van der Waals surface area (Å²) in [5, 5.41) is 14.0. The summed E-state index contributed by atoms with van der Waals surface area (Å²) in [6.45, 7) is 1.38. The molecule has 0 fully saturated rings. The van der Waals surface area contributed by atoms with E-state index in [1.807, 2.05) is 0 Å². The average molecular weight is 266 g/mol. The average Bonchev–Trinajstić information content (AvgIpc) is 2.36. The van der Waals surface area contributed by atoms with Crippen molar-refractivity contribution in [3.05, 3.63) is 18.2 Å². The molecule has 0 aliphatic carbocycles. The molecule has 1 aromatic rings. The molecule has 0 unspecified atom stereocenters. The van der Waals surface area contributed by atoms with Gasteiger partial charge in [0.15, 0.2) is 0 Å². The lowest BCUT2D eigenvalue weighted by Crippen LogP contribution is -2.13. The van der Waals surface area contributed by atoms with Crippen LogP contribution in [0.4, 0.5) is 11.4 Å². The van der Waals surface area contributed by atoms with E-state index in [2.05, 4.69) is 10.6 Å². The van der Waals surface area contributed by atoms with Gasteiger partial charge in [-0.3, -0.25) is 9.59 Å². The monoisotopic (exact) mass is 266 g/mol. The maximum atomic E-state index is 11.6. The van der Waals surface area contributed by atoms with Gasteiger partial charge in [0.2, 0.25) is 11.8 Å². The first-order valence-electron chi connectivity index (χ1n) is 5.93. The summed E-state index contributed by atoms with van der Waals surface area (Å²) < 4.78 is 5.13. The molecule has 6 nitrogen and oxygen atoms in total. The molecule has 0 heterocycles. The fraction of sp³-hybridized carbons (Fsp3) is 0.385. The second-order valence-electron chi connectivity index (χ2n) is 3.97. The van der Waals surface area contributed by atoms with Crippen LogP contribution < -0.4 is 15.4 Å². The Kier molecular flexibility index (Phi) is 5.81. The largest absolute Gasteiger partial charge is 0.495 e. The quantitative estimate of drug-likeness (QED) is 0.725. The van der Waals surface area contributed by atoms with Gasteiger partial charge < -0.3 is 20.5 Å². The highest BCUT2D eigenvalue weighted by Crippen LogP contribution is 2.28. The highest BCUT2D eigenvalue weighted by molar-refractivity contribution is 5.94. The summed E-state index contributed by atoms with van der Waals surface area (Å²) >= 11 is 0. The molecule has 0 radical (unpaired) electrons. The third-order valence-electron chi connectivity index (χ3n) is 2.36. The van der Waals surface area contributed by atoms with Gasteiger partial charge in [0.25, 0.3) is 0 Å². The van der Waals surface area contributed by atoms with E-state index in [-0.39, 0.29) is 24.8 Å². The van der Waals surface area contributed by atoms with Crippen LogP contribution in [-0.2, 0) is 9.59 Å². The van der Waals surface area contributed by atoms with E-state index in [9.17, 15) is 9.59 Å². The highest BCUT2D eigenvalue weighted by Gasteiger charge is 2.09. The van der Waals surface area contributed by atoms with Crippen LogP contribution in [0.5, 0.6) is 5.75 Å². The normalized spacial score (nSPS) is 9.84. The molecule has 0 saturated carbocycles. The maximum Gasteiger partial charge on any atom is 0.224 e. The van der Waals surface area contributed by atoms with E-state index >= 15 is 0 Å². The van der Waals surface area contributed by atoms with E-state index in [1.54, 1.807) is 18.2 Å². The topological polar surface area (TPSA) is 87.7 Å². The van der Waals surface area contributed by atoms with Crippen LogP contribution >= 0.6 is 0 Å². The second kappa shape index (κ2) is 7.38. The number of carbonyl (C=O) groups is 2. The molecule has 0 bridgehead atoms. The number of hydrogen-bond acceptors (Lipinski definition) is 4. The third kappa shape index (κ3) is 4.97. The Morgan fingerprint density at radius 2 is 2.05 bits per heavy atom. The zero-order valence-electron chi connectivity index (χ0n) is 11.0. The Balaban J connectivity index is 2.83. The predicted molar refractivity (Wildman–Crippen MR) is 72.2 cm³/mol. The minimum atomic E-state index is -0.215. The van der Waals surface area contributed by atoms with Gasteiger partial charge in [-0.15, -0.1) is 0 Å². The number of nitrogens with one attached hydrogen (secondary N) is 2. The van der Waals surface area contributed by atoms with Crippen LogP contribution in [0.25, 0.3) is 0 Å². The Bertz CT molecular complexity index is 460.